The first-order valence-corrected chi connectivity index (χ1v) is 10.2. The van der Waals surface area contributed by atoms with Gasteiger partial charge in [0.15, 0.2) is 5.82 Å². The summed E-state index contributed by atoms with van der Waals surface area (Å²) in [6.45, 7) is 2.59. The summed E-state index contributed by atoms with van der Waals surface area (Å²) < 4.78 is 0. The van der Waals surface area contributed by atoms with Crippen LogP contribution in [0.3, 0.4) is 0 Å². The van der Waals surface area contributed by atoms with Crippen LogP contribution in [0, 0.1) is 0 Å². The Bertz CT molecular complexity index is 769. The fourth-order valence-corrected chi connectivity index (χ4v) is 4.16. The van der Waals surface area contributed by atoms with Gasteiger partial charge in [0.05, 0.1) is 12.6 Å². The first-order chi connectivity index (χ1) is 13.3. The summed E-state index contributed by atoms with van der Waals surface area (Å²) in [5.41, 5.74) is 3.20. The molecule has 1 amide bonds. The summed E-state index contributed by atoms with van der Waals surface area (Å²) >= 11 is 0. The van der Waals surface area contributed by atoms with E-state index in [4.69, 9.17) is 4.98 Å². The third-order valence-corrected chi connectivity index (χ3v) is 5.61. The number of rotatable bonds is 4. The van der Waals surface area contributed by atoms with Gasteiger partial charge in [0.2, 0.25) is 5.91 Å². The average molecular weight is 364 g/mol. The number of hydrogen-bond acceptors (Lipinski definition) is 4. The topological polar surface area (TPSA) is 58.1 Å². The number of aromatic nitrogens is 2. The van der Waals surface area contributed by atoms with Crippen molar-refractivity contribution in [2.24, 2.45) is 0 Å². The van der Waals surface area contributed by atoms with Crippen molar-refractivity contribution in [2.45, 2.75) is 51.0 Å². The van der Waals surface area contributed by atoms with Crippen molar-refractivity contribution in [3.63, 3.8) is 0 Å². The number of hydrogen-bond donors (Lipinski definition) is 1. The molecule has 1 fully saturated rings. The van der Waals surface area contributed by atoms with Crippen LogP contribution < -0.4 is 5.32 Å². The van der Waals surface area contributed by atoms with Crippen LogP contribution in [0.15, 0.2) is 36.5 Å². The monoisotopic (exact) mass is 364 g/mol. The summed E-state index contributed by atoms with van der Waals surface area (Å²) in [4.78, 5) is 24.3. The van der Waals surface area contributed by atoms with E-state index in [0.29, 0.717) is 6.54 Å². The van der Waals surface area contributed by atoms with E-state index in [1.54, 1.807) is 0 Å². The van der Waals surface area contributed by atoms with E-state index in [9.17, 15) is 4.79 Å². The summed E-state index contributed by atoms with van der Waals surface area (Å²) in [6, 6.07) is 10.1. The van der Waals surface area contributed by atoms with Gasteiger partial charge in [-0.3, -0.25) is 9.69 Å². The number of aryl methyl sites for hydroxylation is 1. The van der Waals surface area contributed by atoms with Gasteiger partial charge in [0.25, 0.3) is 0 Å². The summed E-state index contributed by atoms with van der Waals surface area (Å²) in [5.74, 6) is 0.896. The summed E-state index contributed by atoms with van der Waals surface area (Å²) in [6.07, 6.45) is 9.87. The van der Waals surface area contributed by atoms with Crippen LogP contribution >= 0.6 is 0 Å². The Morgan fingerprint density at radius 2 is 1.85 bits per heavy atom. The van der Waals surface area contributed by atoms with Gasteiger partial charge in [-0.15, -0.1) is 0 Å². The minimum absolute atomic E-state index is 0.0399. The second kappa shape index (κ2) is 8.61. The van der Waals surface area contributed by atoms with Crippen molar-refractivity contribution in [2.75, 3.05) is 19.6 Å². The maximum atomic E-state index is 12.6. The first kappa shape index (κ1) is 18.1. The van der Waals surface area contributed by atoms with E-state index in [2.05, 4.69) is 15.2 Å². The highest BCUT2D eigenvalue weighted by Gasteiger charge is 2.24. The number of nitrogens with one attached hydrogen (secondary N) is 1. The van der Waals surface area contributed by atoms with Crippen molar-refractivity contribution >= 4 is 5.91 Å². The van der Waals surface area contributed by atoms with Gasteiger partial charge < -0.3 is 5.32 Å². The second-order valence-electron chi connectivity index (χ2n) is 7.66. The highest BCUT2D eigenvalue weighted by Crippen LogP contribution is 2.29. The highest BCUT2D eigenvalue weighted by molar-refractivity contribution is 5.78. The standard InChI is InChI=1S/C22H28N4O/c27-21(16-26-13-6-1-2-7-14-26)24-19-11-8-12-20-18(19)15-23-22(25-20)17-9-4-3-5-10-17/h3-5,9-10,15,19H,1-2,6-8,11-14,16H2,(H,24,27)/t19-/m1/s1. The highest BCUT2D eigenvalue weighted by atomic mass is 16.2. The molecule has 5 nitrogen and oxygen atoms in total. The maximum absolute atomic E-state index is 12.6. The molecular weight excluding hydrogens is 336 g/mol. The Kier molecular flexibility index (Phi) is 5.78. The molecule has 0 bridgehead atoms. The van der Waals surface area contributed by atoms with Crippen molar-refractivity contribution in [3.05, 3.63) is 47.8 Å². The Morgan fingerprint density at radius 3 is 2.63 bits per heavy atom. The van der Waals surface area contributed by atoms with Crippen molar-refractivity contribution in [3.8, 4) is 11.4 Å². The Labute approximate surface area is 161 Å². The van der Waals surface area contributed by atoms with Crippen LogP contribution in [0.25, 0.3) is 11.4 Å². The Balaban J connectivity index is 1.44. The molecule has 1 atom stereocenters. The van der Waals surface area contributed by atoms with Crippen molar-refractivity contribution < 1.29 is 4.79 Å². The third-order valence-electron chi connectivity index (χ3n) is 5.61. The van der Waals surface area contributed by atoms with E-state index in [0.717, 1.165) is 55.0 Å². The zero-order chi connectivity index (χ0) is 18.5. The van der Waals surface area contributed by atoms with Gasteiger partial charge >= 0.3 is 0 Å². The molecular formula is C22H28N4O. The molecule has 27 heavy (non-hydrogen) atoms. The molecule has 1 aliphatic heterocycles. The maximum Gasteiger partial charge on any atom is 0.234 e. The van der Waals surface area contributed by atoms with Crippen LogP contribution in [0.4, 0.5) is 0 Å². The second-order valence-corrected chi connectivity index (χ2v) is 7.66. The van der Waals surface area contributed by atoms with Gasteiger partial charge in [0, 0.05) is 23.0 Å². The predicted octanol–water partition coefficient (Wildman–Crippen LogP) is 3.51. The van der Waals surface area contributed by atoms with Crippen LogP contribution in [0.1, 0.15) is 55.8 Å². The van der Waals surface area contributed by atoms with E-state index in [-0.39, 0.29) is 11.9 Å². The molecule has 142 valence electrons. The van der Waals surface area contributed by atoms with Gasteiger partial charge in [0.1, 0.15) is 0 Å². The molecule has 0 saturated carbocycles. The summed E-state index contributed by atoms with van der Waals surface area (Å²) in [5, 5.41) is 3.24. The SMILES string of the molecule is O=C(CN1CCCCCC1)N[C@@H]1CCCc2nc(-c3ccccc3)ncc21. The lowest BCUT2D eigenvalue weighted by Gasteiger charge is -2.27. The molecule has 2 aromatic rings. The molecule has 5 heteroatoms. The minimum Gasteiger partial charge on any atom is -0.348 e. The first-order valence-electron chi connectivity index (χ1n) is 10.2. The number of likely N-dealkylation sites (tertiary alicyclic amines) is 1. The number of amides is 1. The predicted molar refractivity (Wildman–Crippen MR) is 106 cm³/mol. The molecule has 0 radical (unpaired) electrons. The van der Waals surface area contributed by atoms with Crippen LogP contribution in [0.2, 0.25) is 0 Å². The molecule has 1 saturated heterocycles. The molecule has 1 N–H and O–H groups in total. The number of nitrogens with zero attached hydrogens (tertiary/aromatic N) is 3. The molecule has 1 aromatic heterocycles. The Morgan fingerprint density at radius 1 is 1.07 bits per heavy atom. The molecule has 1 aromatic carbocycles. The van der Waals surface area contributed by atoms with Crippen LogP contribution in [-0.4, -0.2) is 40.4 Å². The fraction of sp³-hybridized carbons (Fsp3) is 0.500. The number of carbonyl (C=O) groups excluding carboxylic acids is 1. The molecule has 0 unspecified atom stereocenters. The third kappa shape index (κ3) is 4.53. The van der Waals surface area contributed by atoms with E-state index >= 15 is 0 Å². The van der Waals surface area contributed by atoms with Gasteiger partial charge in [-0.2, -0.15) is 0 Å². The molecule has 2 heterocycles. The quantitative estimate of drug-likeness (QED) is 0.902. The zero-order valence-electron chi connectivity index (χ0n) is 15.9. The number of fused-ring (bicyclic) bond motifs is 1. The van der Waals surface area contributed by atoms with Gasteiger partial charge in [-0.1, -0.05) is 43.2 Å². The molecule has 1 aliphatic carbocycles. The molecule has 2 aliphatic rings. The van der Waals surface area contributed by atoms with Crippen LogP contribution in [-0.2, 0) is 11.2 Å². The lowest BCUT2D eigenvalue weighted by molar-refractivity contribution is -0.123. The molecule has 4 rings (SSSR count). The lowest BCUT2D eigenvalue weighted by Crippen LogP contribution is -2.40. The average Bonchev–Trinajstić information content (AvgIpc) is 2.97. The Hall–Kier alpha value is -2.27. The van der Waals surface area contributed by atoms with E-state index < -0.39 is 0 Å². The largest absolute Gasteiger partial charge is 0.348 e. The fourth-order valence-electron chi connectivity index (χ4n) is 4.16. The van der Waals surface area contributed by atoms with E-state index in [1.807, 2.05) is 36.5 Å². The number of benzene rings is 1. The van der Waals surface area contributed by atoms with Crippen LogP contribution in [0.5, 0.6) is 0 Å². The van der Waals surface area contributed by atoms with Crippen molar-refractivity contribution in [1.82, 2.24) is 20.2 Å². The zero-order valence-corrected chi connectivity index (χ0v) is 15.9. The molecule has 0 spiro atoms. The lowest BCUT2D eigenvalue weighted by atomic mass is 9.92. The summed E-state index contributed by atoms with van der Waals surface area (Å²) in [7, 11) is 0. The smallest absolute Gasteiger partial charge is 0.234 e. The number of carbonyl (C=O) groups is 1. The normalized spacial score (nSPS) is 20.5. The minimum atomic E-state index is 0.0399. The van der Waals surface area contributed by atoms with Gasteiger partial charge in [-0.25, -0.2) is 9.97 Å². The van der Waals surface area contributed by atoms with E-state index in [1.165, 1.54) is 25.7 Å². The van der Waals surface area contributed by atoms with Gasteiger partial charge in [-0.05, 0) is 45.2 Å². The van der Waals surface area contributed by atoms with Crippen molar-refractivity contribution in [1.29, 1.82) is 0 Å².